The van der Waals surface area contributed by atoms with E-state index >= 15 is 0 Å². The standard InChI is InChI=1S/C26H35N9O4S/c1-6-8-20-22-23(35(30-20)26-27-17-28-33(26)5)25(36)32(4)24(29-22)19-16-18(9-10-21(19)39-15-7-2)40(37,38)34-13-11-31(3)12-14-34/h9-10,16-17H,6-8,11-15H2,1-5H3. The van der Waals surface area contributed by atoms with Gasteiger partial charge in [-0.3, -0.25) is 9.36 Å². The van der Waals surface area contributed by atoms with Crippen LogP contribution in [0.4, 0.5) is 0 Å². The summed E-state index contributed by atoms with van der Waals surface area (Å²) in [6, 6.07) is 4.78. The molecule has 5 rings (SSSR count). The van der Waals surface area contributed by atoms with Crippen LogP contribution in [0.1, 0.15) is 32.4 Å². The second-order valence-corrected chi connectivity index (χ2v) is 11.9. The number of aromatic nitrogens is 7. The van der Waals surface area contributed by atoms with Crippen LogP contribution in [-0.2, 0) is 30.5 Å². The second kappa shape index (κ2) is 11.1. The predicted molar refractivity (Wildman–Crippen MR) is 150 cm³/mol. The van der Waals surface area contributed by atoms with Gasteiger partial charge in [-0.25, -0.2) is 18.1 Å². The molecule has 0 spiro atoms. The number of rotatable bonds is 9. The molecule has 0 amide bonds. The highest BCUT2D eigenvalue weighted by molar-refractivity contribution is 7.89. The minimum absolute atomic E-state index is 0.133. The summed E-state index contributed by atoms with van der Waals surface area (Å²) in [5.41, 5.74) is 1.46. The van der Waals surface area contributed by atoms with Gasteiger partial charge in [-0.2, -0.15) is 24.2 Å². The molecule has 3 aromatic heterocycles. The van der Waals surface area contributed by atoms with Gasteiger partial charge in [0.25, 0.3) is 5.56 Å². The number of ether oxygens (including phenoxy) is 1. The number of fused-ring (bicyclic) bond motifs is 1. The molecule has 1 saturated heterocycles. The van der Waals surface area contributed by atoms with E-state index in [1.54, 1.807) is 37.0 Å². The van der Waals surface area contributed by atoms with Crippen LogP contribution in [0.5, 0.6) is 5.75 Å². The van der Waals surface area contributed by atoms with E-state index in [-0.39, 0.29) is 16.0 Å². The first kappa shape index (κ1) is 27.9. The molecule has 0 bridgehead atoms. The summed E-state index contributed by atoms with van der Waals surface area (Å²) in [4.78, 5) is 25.3. The average molecular weight is 570 g/mol. The highest BCUT2D eigenvalue weighted by atomic mass is 32.2. The van der Waals surface area contributed by atoms with Crippen LogP contribution < -0.4 is 10.3 Å². The highest BCUT2D eigenvalue weighted by Gasteiger charge is 2.30. The van der Waals surface area contributed by atoms with E-state index in [1.807, 2.05) is 20.9 Å². The molecular weight excluding hydrogens is 534 g/mol. The average Bonchev–Trinajstić information content (AvgIpc) is 3.52. The molecule has 1 aliphatic rings. The van der Waals surface area contributed by atoms with Gasteiger partial charge < -0.3 is 9.64 Å². The predicted octanol–water partition coefficient (Wildman–Crippen LogP) is 1.59. The topological polar surface area (TPSA) is 133 Å². The maximum absolute atomic E-state index is 13.9. The minimum atomic E-state index is -3.76. The molecule has 13 nitrogen and oxygen atoms in total. The summed E-state index contributed by atoms with van der Waals surface area (Å²) in [7, 11) is 1.55. The monoisotopic (exact) mass is 569 g/mol. The van der Waals surface area contributed by atoms with Crippen LogP contribution >= 0.6 is 0 Å². The van der Waals surface area contributed by atoms with E-state index in [4.69, 9.17) is 14.8 Å². The van der Waals surface area contributed by atoms with Gasteiger partial charge in [0.05, 0.1) is 22.8 Å². The lowest BCUT2D eigenvalue weighted by molar-refractivity contribution is 0.222. The number of hydrogen-bond acceptors (Lipinski definition) is 9. The molecule has 0 atom stereocenters. The van der Waals surface area contributed by atoms with Crippen molar-refractivity contribution in [3.05, 3.63) is 40.6 Å². The van der Waals surface area contributed by atoms with Crippen molar-refractivity contribution in [3.63, 3.8) is 0 Å². The zero-order valence-corrected chi connectivity index (χ0v) is 24.3. The quantitative estimate of drug-likeness (QED) is 0.295. The summed E-state index contributed by atoms with van der Waals surface area (Å²) in [5, 5.41) is 8.82. The lowest BCUT2D eigenvalue weighted by Gasteiger charge is -2.31. The van der Waals surface area contributed by atoms with Gasteiger partial charge in [-0.05, 0) is 38.1 Å². The molecule has 1 aromatic carbocycles. The number of sulfonamides is 1. The highest BCUT2D eigenvalue weighted by Crippen LogP contribution is 2.33. The smallest absolute Gasteiger partial charge is 0.280 e. The number of likely N-dealkylation sites (N-methyl/N-ethyl adjacent to an activating group) is 1. The van der Waals surface area contributed by atoms with Crippen LogP contribution in [0.15, 0.2) is 34.2 Å². The Morgan fingerprint density at radius 1 is 1.02 bits per heavy atom. The molecule has 0 aliphatic carbocycles. The van der Waals surface area contributed by atoms with E-state index in [0.717, 1.165) is 12.8 Å². The summed E-state index contributed by atoms with van der Waals surface area (Å²) >= 11 is 0. The van der Waals surface area contributed by atoms with E-state index in [1.165, 1.54) is 19.9 Å². The third-order valence-corrected chi connectivity index (χ3v) is 8.98. The van der Waals surface area contributed by atoms with Gasteiger partial charge in [0.15, 0.2) is 5.52 Å². The molecule has 0 radical (unpaired) electrons. The van der Waals surface area contributed by atoms with Crippen molar-refractivity contribution in [2.45, 2.75) is 38.0 Å². The number of benzene rings is 1. The Hall–Kier alpha value is -3.62. The molecule has 1 aliphatic heterocycles. The zero-order chi connectivity index (χ0) is 28.6. The lowest BCUT2D eigenvalue weighted by Crippen LogP contribution is -2.47. The maximum Gasteiger partial charge on any atom is 0.280 e. The fraction of sp³-hybridized carbons (Fsp3) is 0.500. The van der Waals surface area contributed by atoms with Crippen LogP contribution in [0.2, 0.25) is 0 Å². The van der Waals surface area contributed by atoms with Gasteiger partial charge in [-0.15, -0.1) is 0 Å². The Morgan fingerprint density at radius 3 is 2.42 bits per heavy atom. The van der Waals surface area contributed by atoms with Crippen LogP contribution in [0, 0.1) is 0 Å². The molecule has 1 fully saturated rings. The fourth-order valence-electron chi connectivity index (χ4n) is 4.83. The Labute approximate surface area is 233 Å². The Bertz CT molecular complexity index is 1700. The molecule has 4 aromatic rings. The first-order valence-corrected chi connectivity index (χ1v) is 14.9. The molecule has 14 heteroatoms. The number of aryl methyl sites for hydroxylation is 2. The van der Waals surface area contributed by atoms with Crippen molar-refractivity contribution in [1.82, 2.24) is 43.3 Å². The first-order chi connectivity index (χ1) is 19.2. The van der Waals surface area contributed by atoms with Crippen molar-refractivity contribution in [2.75, 3.05) is 39.8 Å². The summed E-state index contributed by atoms with van der Waals surface area (Å²) in [6.07, 6.45) is 3.55. The summed E-state index contributed by atoms with van der Waals surface area (Å²) < 4.78 is 39.2. The number of nitrogens with zero attached hydrogens (tertiary/aromatic N) is 9. The van der Waals surface area contributed by atoms with Gasteiger partial charge in [0.1, 0.15) is 23.4 Å². The molecule has 0 unspecified atom stereocenters. The Balaban J connectivity index is 1.72. The van der Waals surface area contributed by atoms with E-state index in [0.29, 0.717) is 73.5 Å². The Morgan fingerprint density at radius 2 is 1.77 bits per heavy atom. The summed E-state index contributed by atoms with van der Waals surface area (Å²) in [5.74, 6) is 1.15. The maximum atomic E-state index is 13.9. The molecule has 0 N–H and O–H groups in total. The number of hydrogen-bond donors (Lipinski definition) is 0. The van der Waals surface area contributed by atoms with Crippen molar-refractivity contribution in [3.8, 4) is 23.1 Å². The van der Waals surface area contributed by atoms with Crippen LogP contribution in [-0.4, -0.2) is 91.6 Å². The molecule has 4 heterocycles. The van der Waals surface area contributed by atoms with Gasteiger partial charge in [0, 0.05) is 40.3 Å². The van der Waals surface area contributed by atoms with Gasteiger partial charge in [0.2, 0.25) is 16.0 Å². The van der Waals surface area contributed by atoms with Crippen molar-refractivity contribution in [2.24, 2.45) is 14.1 Å². The normalized spacial score (nSPS) is 15.2. The third kappa shape index (κ3) is 4.90. The molecule has 214 valence electrons. The number of piperazine rings is 1. The molecule has 40 heavy (non-hydrogen) atoms. The van der Waals surface area contributed by atoms with E-state index in [2.05, 4.69) is 15.0 Å². The zero-order valence-electron chi connectivity index (χ0n) is 23.5. The third-order valence-electron chi connectivity index (χ3n) is 7.09. The van der Waals surface area contributed by atoms with Crippen molar-refractivity contribution in [1.29, 1.82) is 0 Å². The molecule has 0 saturated carbocycles. The minimum Gasteiger partial charge on any atom is -0.493 e. The van der Waals surface area contributed by atoms with E-state index in [9.17, 15) is 13.2 Å². The van der Waals surface area contributed by atoms with Gasteiger partial charge >= 0.3 is 0 Å². The van der Waals surface area contributed by atoms with Gasteiger partial charge in [-0.1, -0.05) is 20.3 Å². The van der Waals surface area contributed by atoms with E-state index < -0.39 is 10.0 Å². The van der Waals surface area contributed by atoms with Crippen molar-refractivity contribution < 1.29 is 13.2 Å². The first-order valence-electron chi connectivity index (χ1n) is 13.5. The molecular formula is C26H35N9O4S. The largest absolute Gasteiger partial charge is 0.493 e. The van der Waals surface area contributed by atoms with Crippen molar-refractivity contribution >= 4 is 21.1 Å². The Kier molecular flexibility index (Phi) is 7.75. The lowest BCUT2D eigenvalue weighted by atomic mass is 10.1. The van der Waals surface area contributed by atoms with Crippen LogP contribution in [0.25, 0.3) is 28.4 Å². The summed E-state index contributed by atoms with van der Waals surface area (Å²) in [6.45, 7) is 6.58. The SMILES string of the molecule is CCCOc1ccc(S(=O)(=O)N2CCN(C)CC2)cc1-c1nc2c(CCC)nn(-c3ncnn3C)c2c(=O)n1C. The fourth-order valence-corrected chi connectivity index (χ4v) is 6.28. The van der Waals surface area contributed by atoms with Crippen LogP contribution in [0.3, 0.4) is 0 Å². The second-order valence-electron chi connectivity index (χ2n) is 10.0.